The van der Waals surface area contributed by atoms with E-state index in [0.717, 1.165) is 51.4 Å². The van der Waals surface area contributed by atoms with Crippen molar-refractivity contribution in [2.45, 2.75) is 65.2 Å². The third-order valence-corrected chi connectivity index (χ3v) is 3.37. The molecule has 0 heterocycles. The highest BCUT2D eigenvalue weighted by atomic mass is 16.4. The molecule has 0 saturated carbocycles. The lowest BCUT2D eigenvalue weighted by atomic mass is 10.00. The predicted octanol–water partition coefficient (Wildman–Crippen LogP) is 3.55. The monoisotopic (exact) mass is 258 g/mol. The van der Waals surface area contributed by atoms with Crippen molar-refractivity contribution in [2.75, 3.05) is 0 Å². The number of carbonyl (C=O) groups is 2. The molecule has 2 atom stereocenters. The van der Waals surface area contributed by atoms with Gasteiger partial charge in [-0.2, -0.15) is 0 Å². The minimum absolute atomic E-state index is 0.235. The predicted molar refractivity (Wildman–Crippen MR) is 70.5 cm³/mol. The average Bonchev–Trinajstić information content (AvgIpc) is 2.31. The second-order valence-electron chi connectivity index (χ2n) is 5.18. The van der Waals surface area contributed by atoms with Crippen molar-refractivity contribution in [1.29, 1.82) is 0 Å². The van der Waals surface area contributed by atoms with Gasteiger partial charge in [-0.15, -0.1) is 0 Å². The van der Waals surface area contributed by atoms with Crippen molar-refractivity contribution in [1.82, 2.24) is 0 Å². The Hall–Kier alpha value is -1.06. The molecule has 0 saturated heterocycles. The Morgan fingerprint density at radius 2 is 1.00 bits per heavy atom. The highest BCUT2D eigenvalue weighted by molar-refractivity contribution is 5.69. The van der Waals surface area contributed by atoms with Crippen molar-refractivity contribution in [3.8, 4) is 0 Å². The Kier molecular flexibility index (Phi) is 9.33. The summed E-state index contributed by atoms with van der Waals surface area (Å²) in [5, 5.41) is 17.4. The van der Waals surface area contributed by atoms with E-state index in [1.54, 1.807) is 13.8 Å². The van der Waals surface area contributed by atoms with Crippen LogP contribution < -0.4 is 0 Å². The van der Waals surface area contributed by atoms with E-state index >= 15 is 0 Å². The summed E-state index contributed by atoms with van der Waals surface area (Å²) in [4.78, 5) is 21.2. The van der Waals surface area contributed by atoms with Crippen molar-refractivity contribution in [3.05, 3.63) is 0 Å². The molecule has 0 bridgehead atoms. The van der Waals surface area contributed by atoms with Gasteiger partial charge in [0.15, 0.2) is 0 Å². The zero-order valence-electron chi connectivity index (χ0n) is 11.5. The van der Waals surface area contributed by atoms with Crippen LogP contribution in [-0.2, 0) is 9.59 Å². The molecule has 0 aliphatic heterocycles. The first-order valence-electron chi connectivity index (χ1n) is 6.90. The molecule has 0 aliphatic carbocycles. The van der Waals surface area contributed by atoms with Crippen LogP contribution in [0.15, 0.2) is 0 Å². The molecule has 0 aromatic carbocycles. The zero-order chi connectivity index (χ0) is 14.0. The fraction of sp³-hybridized carbons (Fsp3) is 0.857. The minimum Gasteiger partial charge on any atom is -0.481 e. The molecule has 2 N–H and O–H groups in total. The van der Waals surface area contributed by atoms with Crippen molar-refractivity contribution in [3.63, 3.8) is 0 Å². The normalized spacial score (nSPS) is 14.1. The van der Waals surface area contributed by atoms with Crippen LogP contribution in [0.5, 0.6) is 0 Å². The van der Waals surface area contributed by atoms with E-state index in [4.69, 9.17) is 10.2 Å². The van der Waals surface area contributed by atoms with E-state index < -0.39 is 11.9 Å². The van der Waals surface area contributed by atoms with Crippen LogP contribution in [0.1, 0.15) is 65.2 Å². The summed E-state index contributed by atoms with van der Waals surface area (Å²) >= 11 is 0. The molecule has 0 aliphatic rings. The summed E-state index contributed by atoms with van der Waals surface area (Å²) in [5.74, 6) is -1.89. The van der Waals surface area contributed by atoms with E-state index in [1.165, 1.54) is 0 Å². The Balaban J connectivity index is 3.26. The smallest absolute Gasteiger partial charge is 0.306 e. The topological polar surface area (TPSA) is 74.6 Å². The van der Waals surface area contributed by atoms with Gasteiger partial charge in [-0.25, -0.2) is 0 Å². The third kappa shape index (κ3) is 9.02. The Labute approximate surface area is 109 Å². The van der Waals surface area contributed by atoms with Gasteiger partial charge in [-0.1, -0.05) is 52.4 Å². The maximum atomic E-state index is 10.6. The molecule has 0 rings (SSSR count). The molecule has 2 unspecified atom stereocenters. The number of rotatable bonds is 11. The van der Waals surface area contributed by atoms with Gasteiger partial charge in [0.1, 0.15) is 0 Å². The van der Waals surface area contributed by atoms with Crippen LogP contribution in [0.2, 0.25) is 0 Å². The number of unbranched alkanes of at least 4 members (excludes halogenated alkanes) is 5. The first-order valence-corrected chi connectivity index (χ1v) is 6.90. The van der Waals surface area contributed by atoms with Crippen molar-refractivity contribution < 1.29 is 19.8 Å². The summed E-state index contributed by atoms with van der Waals surface area (Å²) < 4.78 is 0. The van der Waals surface area contributed by atoms with Gasteiger partial charge in [0.05, 0.1) is 11.8 Å². The van der Waals surface area contributed by atoms with Gasteiger partial charge in [0.2, 0.25) is 0 Å². The number of hydrogen-bond donors (Lipinski definition) is 2. The second-order valence-corrected chi connectivity index (χ2v) is 5.18. The lowest BCUT2D eigenvalue weighted by molar-refractivity contribution is -0.142. The van der Waals surface area contributed by atoms with Crippen LogP contribution >= 0.6 is 0 Å². The Bertz CT molecular complexity index is 224. The molecule has 4 heteroatoms. The zero-order valence-corrected chi connectivity index (χ0v) is 11.5. The fourth-order valence-corrected chi connectivity index (χ4v) is 1.86. The van der Waals surface area contributed by atoms with E-state index in [0.29, 0.717) is 0 Å². The molecule has 0 radical (unpaired) electrons. The largest absolute Gasteiger partial charge is 0.481 e. The molecule has 0 amide bonds. The second kappa shape index (κ2) is 9.92. The van der Waals surface area contributed by atoms with Gasteiger partial charge in [0.25, 0.3) is 0 Å². The lowest BCUT2D eigenvalue weighted by Gasteiger charge is -2.06. The summed E-state index contributed by atoms with van der Waals surface area (Å²) in [7, 11) is 0. The van der Waals surface area contributed by atoms with Gasteiger partial charge in [-0.3, -0.25) is 9.59 Å². The summed E-state index contributed by atoms with van der Waals surface area (Å²) in [5.41, 5.74) is 0. The van der Waals surface area contributed by atoms with E-state index in [1.807, 2.05) is 0 Å². The SMILES string of the molecule is CC(CCCCCCCCC(C)C(=O)O)C(=O)O. The molecule has 18 heavy (non-hydrogen) atoms. The standard InChI is InChI=1S/C14H26O4/c1-11(13(15)16)9-7-5-3-4-6-8-10-12(2)14(17)18/h11-12H,3-10H2,1-2H3,(H,15,16)(H,17,18). The maximum absolute atomic E-state index is 10.6. The Morgan fingerprint density at radius 3 is 1.28 bits per heavy atom. The van der Waals surface area contributed by atoms with Crippen LogP contribution in [0.4, 0.5) is 0 Å². The van der Waals surface area contributed by atoms with E-state index in [2.05, 4.69) is 0 Å². The minimum atomic E-state index is -0.711. The summed E-state index contributed by atoms with van der Waals surface area (Å²) in [6.45, 7) is 3.49. The van der Waals surface area contributed by atoms with Crippen molar-refractivity contribution >= 4 is 11.9 Å². The van der Waals surface area contributed by atoms with Crippen LogP contribution in [0.25, 0.3) is 0 Å². The average molecular weight is 258 g/mol. The van der Waals surface area contributed by atoms with Crippen LogP contribution in [-0.4, -0.2) is 22.2 Å². The summed E-state index contributed by atoms with van der Waals surface area (Å²) in [6, 6.07) is 0. The molecule has 0 spiro atoms. The van der Waals surface area contributed by atoms with Crippen molar-refractivity contribution in [2.24, 2.45) is 11.8 Å². The molecule has 4 nitrogen and oxygen atoms in total. The fourth-order valence-electron chi connectivity index (χ4n) is 1.86. The molecule has 0 aromatic rings. The van der Waals surface area contributed by atoms with Crippen LogP contribution in [0, 0.1) is 11.8 Å². The van der Waals surface area contributed by atoms with Gasteiger partial charge in [-0.05, 0) is 12.8 Å². The van der Waals surface area contributed by atoms with E-state index in [9.17, 15) is 9.59 Å². The molecule has 106 valence electrons. The van der Waals surface area contributed by atoms with Gasteiger partial charge < -0.3 is 10.2 Å². The number of carboxylic acid groups (broad SMARTS) is 2. The highest BCUT2D eigenvalue weighted by Gasteiger charge is 2.10. The third-order valence-electron chi connectivity index (χ3n) is 3.37. The molecular formula is C14H26O4. The quantitative estimate of drug-likeness (QED) is 0.556. The Morgan fingerprint density at radius 1 is 0.722 bits per heavy atom. The lowest BCUT2D eigenvalue weighted by Crippen LogP contribution is -2.09. The number of hydrogen-bond acceptors (Lipinski definition) is 2. The first kappa shape index (κ1) is 16.9. The van der Waals surface area contributed by atoms with E-state index in [-0.39, 0.29) is 11.8 Å². The maximum Gasteiger partial charge on any atom is 0.306 e. The number of aliphatic carboxylic acids is 2. The van der Waals surface area contributed by atoms with Gasteiger partial charge >= 0.3 is 11.9 Å². The highest BCUT2D eigenvalue weighted by Crippen LogP contribution is 2.14. The molecule has 0 aromatic heterocycles. The molecular weight excluding hydrogens is 232 g/mol. The number of carboxylic acids is 2. The molecule has 0 fully saturated rings. The summed E-state index contributed by atoms with van der Waals surface area (Å²) in [6.07, 6.45) is 7.84. The first-order chi connectivity index (χ1) is 8.45. The van der Waals surface area contributed by atoms with Gasteiger partial charge in [0, 0.05) is 0 Å². The van der Waals surface area contributed by atoms with Crippen LogP contribution in [0.3, 0.4) is 0 Å².